The molecule has 0 bridgehead atoms. The fourth-order valence-corrected chi connectivity index (χ4v) is 12.5. The van der Waals surface area contributed by atoms with Crippen LogP contribution in [0, 0.1) is 47.3 Å². The molecule has 36 nitrogen and oxygen atoms in total. The molecular formula is C86H143N17O19. The third-order valence-corrected chi connectivity index (χ3v) is 20.1. The van der Waals surface area contributed by atoms with Crippen molar-refractivity contribution in [1.82, 2.24) is 84.7 Å². The first-order valence-corrected chi connectivity index (χ1v) is 42.0. The highest BCUT2D eigenvalue weighted by atomic mass is 16.6. The molecule has 0 unspecified atom stereocenters. The first-order chi connectivity index (χ1) is 56.3. The van der Waals surface area contributed by atoms with E-state index >= 15 is 0 Å². The Balaban J connectivity index is 2.24. The second-order valence-corrected chi connectivity index (χ2v) is 36.5. The summed E-state index contributed by atoms with van der Waals surface area (Å²) in [5, 5.41) is 62.8. The van der Waals surface area contributed by atoms with Gasteiger partial charge in [-0.1, -0.05) is 178 Å². The Morgan fingerprint density at radius 1 is 0.418 bits per heavy atom. The quantitative estimate of drug-likeness (QED) is 0.0451. The number of nitrogens with one attached hydrogen (secondary N) is 15. The Kier molecular flexibility index (Phi) is 43.2. The van der Waals surface area contributed by atoms with Crippen LogP contribution in [0.5, 0.6) is 0 Å². The van der Waals surface area contributed by atoms with Gasteiger partial charge >= 0.3 is 12.1 Å². The number of alkyl carbamates (subject to hydrolysis) is 1. The summed E-state index contributed by atoms with van der Waals surface area (Å²) in [5.41, 5.74) is 0.913. The van der Waals surface area contributed by atoms with Crippen molar-refractivity contribution < 1.29 is 91.7 Å². The number of rotatable bonds is 48. The fraction of sp³-hybridized carbons (Fsp3) is 0.674. The lowest BCUT2D eigenvalue weighted by Gasteiger charge is -2.34. The third-order valence-electron chi connectivity index (χ3n) is 20.1. The van der Waals surface area contributed by atoms with E-state index in [0.717, 1.165) is 0 Å². The smallest absolute Gasteiger partial charge is 0.408 e. The fourth-order valence-electron chi connectivity index (χ4n) is 12.5. The molecular weight excluding hydrogens is 1580 g/mol. The van der Waals surface area contributed by atoms with Gasteiger partial charge in [0.1, 0.15) is 76.6 Å². The molecule has 2 aromatic rings. The van der Waals surface area contributed by atoms with Gasteiger partial charge in [0.15, 0.2) is 0 Å². The van der Waals surface area contributed by atoms with E-state index in [-0.39, 0.29) is 50.7 Å². The van der Waals surface area contributed by atoms with Gasteiger partial charge in [-0.2, -0.15) is 0 Å². The Morgan fingerprint density at radius 2 is 0.820 bits per heavy atom. The zero-order chi connectivity index (χ0) is 93.6. The van der Waals surface area contributed by atoms with Crippen LogP contribution in [0.2, 0.25) is 0 Å². The first-order valence-electron chi connectivity index (χ1n) is 42.0. The standard InChI is InChI=1S/C86H143N17O19/c1-27-52(16)67(96-73(112)64(49(10)11)94-74(113)65(50(12)13)97-79(118)85(23,24)100-60(107)42-89-71(110)62(47(6)7)99-82(121)122-83(18,19)20)77(116)102-86(25,26)80(119)98-68(53(17)104)75(114)95-66(51(14)15)76(115)101-84(21,22)78(117)88-39-38-59(106)92-63(48(8)9)72(111)90-56(41-54-34-30-28-31-35-54)58(105)44-103(43-55-36-32-29-33-37-55)81(120)91-57(40-45(2)3)70(109)93-61(46(4)5)69(87)108/h28-37,45-53,56-58,61-68,104-105H,27,38-44H2,1-26H3,(H2,87,108)(H,88,117)(H,89,110)(H,90,111)(H,91,120)(H,92,106)(H,93,109)(H,94,113)(H,95,114)(H,96,112)(H,97,118)(H,98,119)(H,99,121)(H,100,107)(H,101,115)(H,102,116)/t52-,53+,56-,57-,58+,61-,62+,63-,64+,65+,66+,67+,68+/m0/s1. The van der Waals surface area contributed by atoms with Gasteiger partial charge in [-0.05, 0) is 141 Å². The average molecular weight is 1720 g/mol. The summed E-state index contributed by atoms with van der Waals surface area (Å²) in [4.78, 5) is 222. The largest absolute Gasteiger partial charge is 0.444 e. The van der Waals surface area contributed by atoms with Crippen molar-refractivity contribution in [3.63, 3.8) is 0 Å². The van der Waals surface area contributed by atoms with E-state index in [1.165, 1.54) is 53.4 Å². The Labute approximate surface area is 719 Å². The van der Waals surface area contributed by atoms with Crippen molar-refractivity contribution in [2.45, 2.75) is 307 Å². The van der Waals surface area contributed by atoms with Crippen LogP contribution in [0.1, 0.15) is 210 Å². The second kappa shape index (κ2) is 48.9. The molecule has 0 aliphatic carbocycles. The van der Waals surface area contributed by atoms with Crippen LogP contribution in [-0.2, 0) is 84.8 Å². The predicted molar refractivity (Wildman–Crippen MR) is 460 cm³/mol. The highest BCUT2D eigenvalue weighted by Gasteiger charge is 2.43. The van der Waals surface area contributed by atoms with Crippen molar-refractivity contribution in [2.75, 3.05) is 19.6 Å². The van der Waals surface area contributed by atoms with Gasteiger partial charge in [0.05, 0.1) is 31.3 Å². The van der Waals surface area contributed by atoms with Crippen molar-refractivity contribution in [1.29, 1.82) is 0 Å². The number of amides is 17. The van der Waals surface area contributed by atoms with Crippen LogP contribution < -0.4 is 85.5 Å². The molecule has 19 N–H and O–H groups in total. The van der Waals surface area contributed by atoms with Crippen LogP contribution in [0.25, 0.3) is 0 Å². The number of benzene rings is 2. The molecule has 0 aromatic heterocycles. The van der Waals surface area contributed by atoms with Crippen molar-refractivity contribution in [2.24, 2.45) is 53.1 Å². The number of aliphatic hydroxyl groups excluding tert-OH is 2. The van der Waals surface area contributed by atoms with Gasteiger partial charge in [0, 0.05) is 19.5 Å². The lowest BCUT2D eigenvalue weighted by molar-refractivity contribution is -0.140. The summed E-state index contributed by atoms with van der Waals surface area (Å²) in [5.74, 6) is -14.9. The number of aliphatic hydroxyl groups is 2. The molecule has 0 radical (unpaired) electrons. The molecule has 36 heteroatoms. The minimum atomic E-state index is -1.88. The van der Waals surface area contributed by atoms with Gasteiger partial charge in [-0.25, -0.2) is 9.59 Å². The van der Waals surface area contributed by atoms with E-state index in [1.54, 1.807) is 178 Å². The molecule has 0 aliphatic rings. The van der Waals surface area contributed by atoms with E-state index in [0.29, 0.717) is 17.5 Å². The number of urea groups is 1. The number of carbonyl (C=O) groups excluding carboxylic acids is 16. The summed E-state index contributed by atoms with van der Waals surface area (Å²) in [6.07, 6.45) is -3.70. The zero-order valence-corrected chi connectivity index (χ0v) is 76.3. The van der Waals surface area contributed by atoms with Crippen LogP contribution in [0.4, 0.5) is 9.59 Å². The summed E-state index contributed by atoms with van der Waals surface area (Å²) < 4.78 is 5.27. The monoisotopic (exact) mass is 1720 g/mol. The van der Waals surface area contributed by atoms with E-state index in [2.05, 4.69) is 79.8 Å². The highest BCUT2D eigenvalue weighted by Crippen LogP contribution is 2.20. The summed E-state index contributed by atoms with van der Waals surface area (Å²) in [6.45, 7) is 40.0. The lowest BCUT2D eigenvalue weighted by atomic mass is 9.94. The maximum Gasteiger partial charge on any atom is 0.408 e. The van der Waals surface area contributed by atoms with Gasteiger partial charge in [0.2, 0.25) is 82.7 Å². The molecule has 2 aromatic carbocycles. The van der Waals surface area contributed by atoms with E-state index in [9.17, 15) is 86.9 Å². The topological polar surface area (TPSA) is 533 Å². The van der Waals surface area contributed by atoms with Gasteiger partial charge < -0.3 is 105 Å². The molecule has 0 heterocycles. The molecule has 122 heavy (non-hydrogen) atoms. The summed E-state index contributed by atoms with van der Waals surface area (Å²) in [6, 6.07) is 4.57. The third kappa shape index (κ3) is 36.3. The number of hydrogen-bond donors (Lipinski definition) is 18. The van der Waals surface area contributed by atoms with Crippen molar-refractivity contribution >= 4 is 94.8 Å². The second-order valence-electron chi connectivity index (χ2n) is 36.5. The number of nitrogens with zero attached hydrogens (tertiary/aromatic N) is 1. The zero-order valence-electron chi connectivity index (χ0n) is 76.3. The maximum absolute atomic E-state index is 14.4. The van der Waals surface area contributed by atoms with E-state index in [1.807, 2.05) is 13.8 Å². The molecule has 0 saturated heterocycles. The number of carbonyl (C=O) groups is 16. The van der Waals surface area contributed by atoms with Crippen LogP contribution >= 0.6 is 0 Å². The van der Waals surface area contributed by atoms with Crippen molar-refractivity contribution in [3.05, 3.63) is 71.8 Å². The molecule has 0 fully saturated rings. The van der Waals surface area contributed by atoms with Gasteiger partial charge in [-0.3, -0.25) is 67.1 Å². The van der Waals surface area contributed by atoms with Gasteiger partial charge in [-0.15, -0.1) is 0 Å². The summed E-state index contributed by atoms with van der Waals surface area (Å²) in [7, 11) is 0. The number of hydrogen-bond acceptors (Lipinski definition) is 19. The molecule has 686 valence electrons. The Morgan fingerprint density at radius 3 is 1.28 bits per heavy atom. The van der Waals surface area contributed by atoms with E-state index in [4.69, 9.17) is 10.5 Å². The van der Waals surface area contributed by atoms with Crippen molar-refractivity contribution in [3.8, 4) is 0 Å². The predicted octanol–water partition coefficient (Wildman–Crippen LogP) is 2.14. The lowest BCUT2D eigenvalue weighted by Crippen LogP contribution is -2.66. The number of ether oxygens (including phenoxy) is 1. The molecule has 0 aliphatic heterocycles. The van der Waals surface area contributed by atoms with Crippen LogP contribution in [0.15, 0.2) is 60.7 Å². The maximum atomic E-state index is 14.4. The van der Waals surface area contributed by atoms with Crippen LogP contribution in [-0.4, -0.2) is 224 Å². The Bertz CT molecular complexity index is 3860. The molecule has 17 amide bonds. The molecule has 0 saturated carbocycles. The minimum absolute atomic E-state index is 0.0354. The Hall–Kier alpha value is -10.5. The molecule has 2 rings (SSSR count). The average Bonchev–Trinajstić information content (AvgIpc) is 0.858. The normalized spacial score (nSPS) is 15.1. The number of nitrogens with two attached hydrogens (primary N) is 1. The minimum Gasteiger partial charge on any atom is -0.444 e. The molecule has 0 spiro atoms. The van der Waals surface area contributed by atoms with E-state index < -0.39 is 232 Å². The number of primary amides is 1. The molecule has 13 atom stereocenters. The highest BCUT2D eigenvalue weighted by molar-refractivity contribution is 6.01. The SMILES string of the molecule is CC[C@H](C)[C@@H](NC(=O)[C@H](NC(=O)[C@H](NC(=O)C(C)(C)NC(=O)CNC(=O)[C@H](NC(=O)OC(C)(C)C)C(C)C)C(C)C)C(C)C)C(=O)NC(C)(C)C(=O)N[C@@H](C(=O)N[C@@H](C(=O)NC(C)(C)C(=O)NCCC(=O)N[C@H](C(=O)N[C@@H](Cc1ccccc1)[C@H](O)CN(Cc1ccccc1)C(=O)N[C@@H](CC(C)C)C(=O)N[C@H](C(N)=O)C(C)C)C(C)C)C(C)C)[C@@H](C)O. The first kappa shape index (κ1) is 108. The summed E-state index contributed by atoms with van der Waals surface area (Å²) >= 11 is 0. The van der Waals surface area contributed by atoms with Crippen LogP contribution in [0.3, 0.4) is 0 Å². The van der Waals surface area contributed by atoms with Gasteiger partial charge in [0.25, 0.3) is 0 Å².